The molecule has 2 rings (SSSR count). The maximum absolute atomic E-state index is 4.66. The number of rotatable bonds is 3. The summed E-state index contributed by atoms with van der Waals surface area (Å²) < 4.78 is 4.40. The summed E-state index contributed by atoms with van der Waals surface area (Å²) in [5.41, 5.74) is 1.25. The van der Waals surface area contributed by atoms with Crippen molar-refractivity contribution in [2.75, 3.05) is 5.32 Å². The maximum Gasteiger partial charge on any atom is 0.202 e. The first-order chi connectivity index (χ1) is 9.16. The lowest BCUT2D eigenvalue weighted by molar-refractivity contribution is 0.555. The topological polar surface area (TPSA) is 50.7 Å². The minimum absolute atomic E-state index is 0.00296. The SMILES string of the molecule is CC(C)(C)c1csc(CNc2nc(C(C)(C)C)ns2)n1. The van der Waals surface area contributed by atoms with E-state index in [9.17, 15) is 0 Å². The summed E-state index contributed by atoms with van der Waals surface area (Å²) in [6, 6.07) is 0. The van der Waals surface area contributed by atoms with Crippen LogP contribution in [0.3, 0.4) is 0 Å². The number of hydrogen-bond acceptors (Lipinski definition) is 6. The Kier molecular flexibility index (Phi) is 4.16. The van der Waals surface area contributed by atoms with E-state index in [2.05, 4.69) is 66.6 Å². The molecule has 2 heterocycles. The number of nitrogens with one attached hydrogen (secondary N) is 1. The first kappa shape index (κ1) is 15.4. The average Bonchev–Trinajstić information content (AvgIpc) is 2.94. The molecule has 0 radical (unpaired) electrons. The second kappa shape index (κ2) is 5.41. The van der Waals surface area contributed by atoms with Crippen LogP contribution in [0.25, 0.3) is 0 Å². The smallest absolute Gasteiger partial charge is 0.202 e. The molecule has 1 N–H and O–H groups in total. The highest BCUT2D eigenvalue weighted by molar-refractivity contribution is 7.10. The zero-order valence-corrected chi connectivity index (χ0v) is 14.6. The molecule has 0 aromatic carbocycles. The number of anilines is 1. The molecule has 0 fully saturated rings. The van der Waals surface area contributed by atoms with Crippen LogP contribution >= 0.6 is 22.9 Å². The Bertz CT molecular complexity index is 520. The van der Waals surface area contributed by atoms with E-state index in [0.717, 1.165) is 21.7 Å². The molecule has 0 atom stereocenters. The molecule has 0 bridgehead atoms. The molecule has 0 saturated heterocycles. The molecule has 0 unspecified atom stereocenters. The van der Waals surface area contributed by atoms with Crippen LogP contribution in [0.4, 0.5) is 5.13 Å². The van der Waals surface area contributed by atoms with Crippen molar-refractivity contribution in [3.05, 3.63) is 21.9 Å². The Morgan fingerprint density at radius 2 is 1.75 bits per heavy atom. The van der Waals surface area contributed by atoms with Crippen LogP contribution in [0.2, 0.25) is 0 Å². The van der Waals surface area contributed by atoms with Gasteiger partial charge in [0, 0.05) is 27.7 Å². The van der Waals surface area contributed by atoms with Crippen LogP contribution < -0.4 is 5.32 Å². The van der Waals surface area contributed by atoms with E-state index in [4.69, 9.17) is 0 Å². The first-order valence-corrected chi connectivity index (χ1v) is 8.34. The second-order valence-corrected chi connectivity index (χ2v) is 8.60. The third kappa shape index (κ3) is 3.76. The highest BCUT2D eigenvalue weighted by Crippen LogP contribution is 2.25. The fourth-order valence-corrected chi connectivity index (χ4v) is 3.20. The van der Waals surface area contributed by atoms with E-state index in [-0.39, 0.29) is 10.8 Å². The van der Waals surface area contributed by atoms with Gasteiger partial charge in [0.15, 0.2) is 0 Å². The van der Waals surface area contributed by atoms with Crippen molar-refractivity contribution in [2.24, 2.45) is 0 Å². The lowest BCUT2D eigenvalue weighted by Gasteiger charge is -2.14. The van der Waals surface area contributed by atoms with Gasteiger partial charge < -0.3 is 5.32 Å². The zero-order valence-electron chi connectivity index (χ0n) is 12.9. The van der Waals surface area contributed by atoms with Gasteiger partial charge in [-0.25, -0.2) is 9.97 Å². The molecule has 0 aliphatic heterocycles. The van der Waals surface area contributed by atoms with E-state index in [0.29, 0.717) is 6.54 Å². The Morgan fingerprint density at radius 3 is 2.25 bits per heavy atom. The van der Waals surface area contributed by atoms with E-state index in [1.54, 1.807) is 11.3 Å². The molecule has 2 aromatic rings. The second-order valence-electron chi connectivity index (χ2n) is 6.90. The lowest BCUT2D eigenvalue weighted by Crippen LogP contribution is -2.13. The van der Waals surface area contributed by atoms with Gasteiger partial charge in [-0.2, -0.15) is 4.37 Å². The Balaban J connectivity index is 1.99. The van der Waals surface area contributed by atoms with Gasteiger partial charge in [0.2, 0.25) is 5.13 Å². The average molecular weight is 310 g/mol. The van der Waals surface area contributed by atoms with E-state index < -0.39 is 0 Å². The summed E-state index contributed by atoms with van der Waals surface area (Å²) in [6.45, 7) is 13.6. The van der Waals surface area contributed by atoms with Gasteiger partial charge in [0.25, 0.3) is 0 Å². The molecule has 6 heteroatoms. The van der Waals surface area contributed by atoms with E-state index >= 15 is 0 Å². The minimum Gasteiger partial charge on any atom is -0.354 e. The van der Waals surface area contributed by atoms with Gasteiger partial charge in [-0.05, 0) is 0 Å². The van der Waals surface area contributed by atoms with Crippen molar-refractivity contribution >= 4 is 28.0 Å². The molecule has 4 nitrogen and oxygen atoms in total. The standard InChI is InChI=1S/C14H22N4S2/c1-13(2,3)9-8-19-10(16-9)7-15-12-17-11(18-20-12)14(4,5)6/h8H,7H2,1-6H3,(H,15,17,18). The van der Waals surface area contributed by atoms with E-state index in [1.807, 2.05) is 0 Å². The third-order valence-corrected chi connectivity index (χ3v) is 4.33. The molecule has 0 spiro atoms. The van der Waals surface area contributed by atoms with Crippen LogP contribution in [-0.2, 0) is 17.4 Å². The molecule has 0 aliphatic rings. The van der Waals surface area contributed by atoms with Crippen LogP contribution in [-0.4, -0.2) is 14.3 Å². The van der Waals surface area contributed by atoms with Gasteiger partial charge in [0.05, 0.1) is 12.2 Å². The van der Waals surface area contributed by atoms with Crippen molar-refractivity contribution in [2.45, 2.75) is 58.9 Å². The fourth-order valence-electron chi connectivity index (χ4n) is 1.49. The maximum atomic E-state index is 4.66. The van der Waals surface area contributed by atoms with Crippen molar-refractivity contribution in [3.63, 3.8) is 0 Å². The number of thiazole rings is 1. The van der Waals surface area contributed by atoms with Gasteiger partial charge in [-0.3, -0.25) is 0 Å². The van der Waals surface area contributed by atoms with Crippen molar-refractivity contribution < 1.29 is 0 Å². The molecule has 2 aromatic heterocycles. The molecular weight excluding hydrogens is 288 g/mol. The molecule has 0 saturated carbocycles. The Labute approximate surface area is 128 Å². The van der Waals surface area contributed by atoms with Crippen molar-refractivity contribution in [1.82, 2.24) is 14.3 Å². The van der Waals surface area contributed by atoms with Crippen molar-refractivity contribution in [3.8, 4) is 0 Å². The Hall–Kier alpha value is -1.01. The number of nitrogens with zero attached hydrogens (tertiary/aromatic N) is 3. The van der Waals surface area contributed by atoms with Crippen LogP contribution in [0.15, 0.2) is 5.38 Å². The van der Waals surface area contributed by atoms with Gasteiger partial charge in [-0.15, -0.1) is 11.3 Å². The summed E-state index contributed by atoms with van der Waals surface area (Å²) in [6.07, 6.45) is 0. The van der Waals surface area contributed by atoms with Gasteiger partial charge >= 0.3 is 0 Å². The monoisotopic (exact) mass is 310 g/mol. The van der Waals surface area contributed by atoms with Gasteiger partial charge in [-0.1, -0.05) is 41.5 Å². The highest BCUT2D eigenvalue weighted by atomic mass is 32.1. The zero-order chi connectivity index (χ0) is 15.0. The largest absolute Gasteiger partial charge is 0.354 e. The quantitative estimate of drug-likeness (QED) is 0.923. The molecule has 110 valence electrons. The van der Waals surface area contributed by atoms with Crippen LogP contribution in [0.5, 0.6) is 0 Å². The fraction of sp³-hybridized carbons (Fsp3) is 0.643. The minimum atomic E-state index is -0.00296. The third-order valence-electron chi connectivity index (χ3n) is 2.81. The summed E-state index contributed by atoms with van der Waals surface area (Å²) in [5.74, 6) is 0.888. The highest BCUT2D eigenvalue weighted by Gasteiger charge is 2.20. The van der Waals surface area contributed by atoms with Gasteiger partial charge in [0.1, 0.15) is 10.8 Å². The lowest BCUT2D eigenvalue weighted by atomic mass is 9.93. The van der Waals surface area contributed by atoms with E-state index in [1.165, 1.54) is 11.5 Å². The molecule has 20 heavy (non-hydrogen) atoms. The normalized spacial score (nSPS) is 12.7. The summed E-state index contributed by atoms with van der Waals surface area (Å²) in [7, 11) is 0. The summed E-state index contributed by atoms with van der Waals surface area (Å²) >= 11 is 3.10. The van der Waals surface area contributed by atoms with Crippen LogP contribution in [0.1, 0.15) is 58.1 Å². The Morgan fingerprint density at radius 1 is 1.05 bits per heavy atom. The predicted octanol–water partition coefficient (Wildman–Crippen LogP) is 4.20. The molecular formula is C14H22N4S2. The summed E-state index contributed by atoms with van der Waals surface area (Å²) in [5, 5.41) is 7.40. The summed E-state index contributed by atoms with van der Waals surface area (Å²) in [4.78, 5) is 9.19. The number of aromatic nitrogens is 3. The first-order valence-electron chi connectivity index (χ1n) is 6.69. The molecule has 0 amide bonds. The van der Waals surface area contributed by atoms with Crippen molar-refractivity contribution in [1.29, 1.82) is 0 Å². The number of hydrogen-bond donors (Lipinski definition) is 1. The predicted molar refractivity (Wildman–Crippen MR) is 86.7 cm³/mol. The van der Waals surface area contributed by atoms with Crippen LogP contribution in [0, 0.1) is 0 Å². The molecule has 0 aliphatic carbocycles.